The van der Waals surface area contributed by atoms with Crippen molar-refractivity contribution in [2.75, 3.05) is 5.32 Å². The lowest BCUT2D eigenvalue weighted by molar-refractivity contribution is -0.131. The monoisotopic (exact) mass is 271 g/mol. The van der Waals surface area contributed by atoms with Crippen molar-refractivity contribution in [2.24, 2.45) is 0 Å². The third-order valence-electron chi connectivity index (χ3n) is 2.59. The van der Waals surface area contributed by atoms with Crippen LogP contribution in [0.25, 0.3) is 6.08 Å². The van der Waals surface area contributed by atoms with Crippen molar-refractivity contribution in [1.29, 1.82) is 0 Å². The maximum Gasteiger partial charge on any atom is 0.328 e. The van der Waals surface area contributed by atoms with Crippen molar-refractivity contribution in [3.63, 3.8) is 0 Å². The number of hydrogen-bond acceptors (Lipinski definition) is 2. The Morgan fingerprint density at radius 3 is 2.55 bits per heavy atom. The minimum absolute atomic E-state index is 0.0455. The Bertz CT molecular complexity index is 524. The van der Waals surface area contributed by atoms with Gasteiger partial charge in [-0.25, -0.2) is 4.79 Å². The number of carboxylic acids is 1. The van der Waals surface area contributed by atoms with Gasteiger partial charge in [-0.2, -0.15) is 0 Å². The molecule has 4 nitrogen and oxygen atoms in total. The molecule has 0 aromatic heterocycles. The van der Waals surface area contributed by atoms with Gasteiger partial charge in [0.1, 0.15) is 0 Å². The molecule has 0 aliphatic rings. The second-order valence-electron chi connectivity index (χ2n) is 4.25. The summed E-state index contributed by atoms with van der Waals surface area (Å²) in [7, 11) is 0. The molecule has 0 fully saturated rings. The number of anilines is 1. The Kier molecular flexibility index (Phi) is 6.63. The number of carbonyl (C=O) groups is 2. The number of carboxylic acid groups (broad SMARTS) is 1. The van der Waals surface area contributed by atoms with Gasteiger partial charge in [-0.15, -0.1) is 12.3 Å². The zero-order valence-electron chi connectivity index (χ0n) is 11.1. The molecule has 20 heavy (non-hydrogen) atoms. The first-order valence-electron chi connectivity index (χ1n) is 6.36. The summed E-state index contributed by atoms with van der Waals surface area (Å²) in [5.41, 5.74) is 1.46. The minimum atomic E-state index is -0.991. The third-order valence-corrected chi connectivity index (χ3v) is 2.59. The normalized spacial score (nSPS) is 10.2. The third kappa shape index (κ3) is 6.41. The molecule has 104 valence electrons. The molecule has 0 bridgehead atoms. The number of amides is 1. The van der Waals surface area contributed by atoms with Gasteiger partial charge in [0.25, 0.3) is 0 Å². The highest BCUT2D eigenvalue weighted by Crippen LogP contribution is 2.11. The van der Waals surface area contributed by atoms with E-state index in [1.165, 1.54) is 6.08 Å². The van der Waals surface area contributed by atoms with Gasteiger partial charge in [0.05, 0.1) is 0 Å². The van der Waals surface area contributed by atoms with Gasteiger partial charge in [0, 0.05) is 24.6 Å². The maximum absolute atomic E-state index is 11.6. The highest BCUT2D eigenvalue weighted by Gasteiger charge is 2.01. The first kappa shape index (κ1) is 15.5. The molecule has 0 aliphatic carbocycles. The van der Waals surface area contributed by atoms with E-state index in [1.54, 1.807) is 24.3 Å². The van der Waals surface area contributed by atoms with Gasteiger partial charge in [-0.1, -0.05) is 12.1 Å². The van der Waals surface area contributed by atoms with Crippen molar-refractivity contribution < 1.29 is 14.7 Å². The predicted octanol–water partition coefficient (Wildman–Crippen LogP) is 2.92. The van der Waals surface area contributed by atoms with Gasteiger partial charge in [-0.05, 0) is 36.6 Å². The Morgan fingerprint density at radius 1 is 1.25 bits per heavy atom. The standard InChI is InChI=1S/C16H17NO3/c1-2-3-4-5-6-15(18)17-14-10-7-13(8-11-14)9-12-16(19)20/h1,7-12H,3-6H2,(H,17,18)(H,19,20)/b12-9+. The zero-order chi connectivity index (χ0) is 14.8. The Labute approximate surface area is 118 Å². The maximum atomic E-state index is 11.6. The molecule has 1 rings (SSSR count). The van der Waals surface area contributed by atoms with E-state index >= 15 is 0 Å². The van der Waals surface area contributed by atoms with E-state index in [9.17, 15) is 9.59 Å². The Hall–Kier alpha value is -2.54. The lowest BCUT2D eigenvalue weighted by Crippen LogP contribution is -2.10. The first-order chi connectivity index (χ1) is 9.61. The number of terminal acetylenes is 1. The molecule has 4 heteroatoms. The summed E-state index contributed by atoms with van der Waals surface area (Å²) in [5.74, 6) is 1.50. The topological polar surface area (TPSA) is 66.4 Å². The first-order valence-corrected chi connectivity index (χ1v) is 6.36. The van der Waals surface area contributed by atoms with Crippen molar-refractivity contribution in [3.05, 3.63) is 35.9 Å². The van der Waals surface area contributed by atoms with Crippen LogP contribution < -0.4 is 5.32 Å². The summed E-state index contributed by atoms with van der Waals surface area (Å²) in [5, 5.41) is 11.3. The van der Waals surface area contributed by atoms with E-state index in [4.69, 9.17) is 11.5 Å². The van der Waals surface area contributed by atoms with Crippen LogP contribution in [0.15, 0.2) is 30.3 Å². The van der Waals surface area contributed by atoms with Crippen LogP contribution in [0.5, 0.6) is 0 Å². The van der Waals surface area contributed by atoms with Crippen molar-refractivity contribution >= 4 is 23.6 Å². The van der Waals surface area contributed by atoms with E-state index < -0.39 is 5.97 Å². The molecule has 0 saturated heterocycles. The lowest BCUT2D eigenvalue weighted by Gasteiger charge is -2.05. The number of carbonyl (C=O) groups excluding carboxylic acids is 1. The smallest absolute Gasteiger partial charge is 0.328 e. The molecule has 1 aromatic carbocycles. The molecule has 0 aliphatic heterocycles. The SMILES string of the molecule is C#CCCCCC(=O)Nc1ccc(/C=C/C(=O)O)cc1. The molecule has 0 unspecified atom stereocenters. The number of hydrogen-bond donors (Lipinski definition) is 2. The van der Waals surface area contributed by atoms with Gasteiger partial charge < -0.3 is 10.4 Å². The fourth-order valence-corrected chi connectivity index (χ4v) is 1.58. The molecule has 1 aromatic rings. The Morgan fingerprint density at radius 2 is 1.95 bits per heavy atom. The molecule has 0 heterocycles. The fourth-order valence-electron chi connectivity index (χ4n) is 1.58. The van der Waals surface area contributed by atoms with E-state index in [2.05, 4.69) is 11.2 Å². The van der Waals surface area contributed by atoms with Crippen LogP contribution in [-0.2, 0) is 9.59 Å². The molecule has 2 N–H and O–H groups in total. The lowest BCUT2D eigenvalue weighted by atomic mass is 10.1. The van der Waals surface area contributed by atoms with Gasteiger partial charge >= 0.3 is 5.97 Å². The number of benzene rings is 1. The van der Waals surface area contributed by atoms with E-state index in [0.29, 0.717) is 18.5 Å². The summed E-state index contributed by atoms with van der Waals surface area (Å²) < 4.78 is 0. The van der Waals surface area contributed by atoms with E-state index in [0.717, 1.165) is 24.5 Å². The molecule has 0 spiro atoms. The molecule has 0 radical (unpaired) electrons. The second kappa shape index (κ2) is 8.54. The highest BCUT2D eigenvalue weighted by molar-refractivity contribution is 5.91. The summed E-state index contributed by atoms with van der Waals surface area (Å²) in [6.07, 6.45) is 10.5. The predicted molar refractivity (Wildman–Crippen MR) is 79.0 cm³/mol. The average molecular weight is 271 g/mol. The number of rotatable bonds is 7. The Balaban J connectivity index is 2.43. The van der Waals surface area contributed by atoms with E-state index in [1.807, 2.05) is 0 Å². The highest BCUT2D eigenvalue weighted by atomic mass is 16.4. The largest absolute Gasteiger partial charge is 0.478 e. The minimum Gasteiger partial charge on any atom is -0.478 e. The van der Waals surface area contributed by atoms with Crippen LogP contribution in [0.3, 0.4) is 0 Å². The fraction of sp³-hybridized carbons (Fsp3) is 0.250. The van der Waals surface area contributed by atoms with Crippen LogP contribution in [-0.4, -0.2) is 17.0 Å². The quantitative estimate of drug-likeness (QED) is 0.455. The molecule has 0 atom stereocenters. The summed E-state index contributed by atoms with van der Waals surface area (Å²) in [4.78, 5) is 22.0. The van der Waals surface area contributed by atoms with Crippen LogP contribution in [0.2, 0.25) is 0 Å². The second-order valence-corrected chi connectivity index (χ2v) is 4.25. The van der Waals surface area contributed by atoms with Gasteiger partial charge in [-0.3, -0.25) is 4.79 Å². The number of nitrogens with one attached hydrogen (secondary N) is 1. The summed E-state index contributed by atoms with van der Waals surface area (Å²) in [6.45, 7) is 0. The molecule has 0 saturated carbocycles. The van der Waals surface area contributed by atoms with Crippen molar-refractivity contribution in [3.8, 4) is 12.3 Å². The zero-order valence-corrected chi connectivity index (χ0v) is 11.1. The number of unbranched alkanes of at least 4 members (excludes halogenated alkanes) is 2. The van der Waals surface area contributed by atoms with Crippen LogP contribution in [0, 0.1) is 12.3 Å². The van der Waals surface area contributed by atoms with Gasteiger partial charge in [0.2, 0.25) is 5.91 Å². The van der Waals surface area contributed by atoms with E-state index in [-0.39, 0.29) is 5.91 Å². The van der Waals surface area contributed by atoms with Gasteiger partial charge in [0.15, 0.2) is 0 Å². The average Bonchev–Trinajstić information content (AvgIpc) is 2.43. The van der Waals surface area contributed by atoms with Crippen LogP contribution in [0.4, 0.5) is 5.69 Å². The number of aliphatic carboxylic acids is 1. The van der Waals surface area contributed by atoms with Crippen molar-refractivity contribution in [2.45, 2.75) is 25.7 Å². The van der Waals surface area contributed by atoms with Crippen LogP contribution >= 0.6 is 0 Å². The van der Waals surface area contributed by atoms with Crippen molar-refractivity contribution in [1.82, 2.24) is 0 Å². The summed E-state index contributed by atoms with van der Waals surface area (Å²) >= 11 is 0. The summed E-state index contributed by atoms with van der Waals surface area (Å²) in [6, 6.07) is 6.96. The molecular formula is C16H17NO3. The van der Waals surface area contributed by atoms with Crippen LogP contribution in [0.1, 0.15) is 31.2 Å². The molecular weight excluding hydrogens is 254 g/mol. The molecule has 1 amide bonds.